The van der Waals surface area contributed by atoms with Gasteiger partial charge in [0.05, 0.1) is 23.4 Å². The summed E-state index contributed by atoms with van der Waals surface area (Å²) in [4.78, 5) is 11.9. The molecular formula is C21H24ClF3N2O4S. The molecule has 0 bridgehead atoms. The summed E-state index contributed by atoms with van der Waals surface area (Å²) in [7, 11) is -3.38. The lowest BCUT2D eigenvalue weighted by atomic mass is 10.1. The number of rotatable bonds is 8. The van der Waals surface area contributed by atoms with Crippen molar-refractivity contribution < 1.29 is 31.1 Å². The first-order chi connectivity index (χ1) is 14.8. The van der Waals surface area contributed by atoms with Gasteiger partial charge in [-0.1, -0.05) is 37.6 Å². The summed E-state index contributed by atoms with van der Waals surface area (Å²) in [5, 5.41) is 2.28. The highest BCUT2D eigenvalue weighted by Crippen LogP contribution is 2.37. The average Bonchev–Trinajstić information content (AvgIpc) is 2.71. The number of amides is 1. The lowest BCUT2D eigenvalue weighted by molar-refractivity contribution is -0.137. The quantitative estimate of drug-likeness (QED) is 0.578. The van der Waals surface area contributed by atoms with Crippen LogP contribution in [0.25, 0.3) is 0 Å². The Hall–Kier alpha value is -2.46. The number of halogens is 4. The van der Waals surface area contributed by atoms with Gasteiger partial charge in [-0.05, 0) is 43.2 Å². The van der Waals surface area contributed by atoms with Gasteiger partial charge in [0.15, 0.2) is 0 Å². The van der Waals surface area contributed by atoms with Gasteiger partial charge >= 0.3 is 6.18 Å². The van der Waals surface area contributed by atoms with E-state index in [4.69, 9.17) is 16.3 Å². The number of carbonyl (C=O) groups excluding carboxylic acids is 1. The van der Waals surface area contributed by atoms with E-state index in [9.17, 15) is 26.4 Å². The summed E-state index contributed by atoms with van der Waals surface area (Å²) in [6, 6.07) is 7.70. The lowest BCUT2D eigenvalue weighted by Crippen LogP contribution is -2.45. The topological polar surface area (TPSA) is 75.7 Å². The Labute approximate surface area is 190 Å². The first-order valence-electron chi connectivity index (χ1n) is 9.61. The molecule has 6 nitrogen and oxygen atoms in total. The van der Waals surface area contributed by atoms with E-state index >= 15 is 0 Å². The molecule has 2 aromatic carbocycles. The third-order valence-corrected chi connectivity index (χ3v) is 7.10. The molecule has 0 saturated heterocycles. The Morgan fingerprint density at radius 1 is 1.16 bits per heavy atom. The molecule has 176 valence electrons. The van der Waals surface area contributed by atoms with Crippen molar-refractivity contribution in [2.45, 2.75) is 37.9 Å². The number of benzene rings is 2. The van der Waals surface area contributed by atoms with Crippen molar-refractivity contribution in [3.05, 3.63) is 53.1 Å². The Morgan fingerprint density at radius 2 is 1.78 bits per heavy atom. The predicted molar refractivity (Wildman–Crippen MR) is 116 cm³/mol. The van der Waals surface area contributed by atoms with E-state index in [1.807, 2.05) is 13.8 Å². The van der Waals surface area contributed by atoms with Gasteiger partial charge in [-0.15, -0.1) is 0 Å². The van der Waals surface area contributed by atoms with Gasteiger partial charge in [0.1, 0.15) is 17.2 Å². The Bertz CT molecular complexity index is 1070. The van der Waals surface area contributed by atoms with E-state index in [-0.39, 0.29) is 23.4 Å². The van der Waals surface area contributed by atoms with Crippen LogP contribution in [0.1, 0.15) is 26.3 Å². The Morgan fingerprint density at radius 3 is 2.34 bits per heavy atom. The maximum Gasteiger partial charge on any atom is 0.416 e. The third-order valence-electron chi connectivity index (χ3n) is 4.86. The first kappa shape index (κ1) is 25.8. The molecule has 0 unspecified atom stereocenters. The molecule has 11 heteroatoms. The summed E-state index contributed by atoms with van der Waals surface area (Å²) in [5.41, 5.74) is -1.20. The number of hydrogen-bond acceptors (Lipinski definition) is 4. The Kier molecular flexibility index (Phi) is 8.06. The van der Waals surface area contributed by atoms with Crippen LogP contribution in [-0.4, -0.2) is 34.0 Å². The molecule has 2 rings (SSSR count). The third kappa shape index (κ3) is 5.86. The van der Waals surface area contributed by atoms with E-state index in [0.717, 1.165) is 6.07 Å². The number of anilines is 1. The van der Waals surface area contributed by atoms with Crippen LogP contribution in [0.5, 0.6) is 5.75 Å². The van der Waals surface area contributed by atoms with Crippen LogP contribution in [0.3, 0.4) is 0 Å². The molecule has 0 aliphatic heterocycles. The fourth-order valence-electron chi connectivity index (χ4n) is 2.73. The van der Waals surface area contributed by atoms with E-state index in [1.54, 1.807) is 13.0 Å². The molecule has 32 heavy (non-hydrogen) atoms. The van der Waals surface area contributed by atoms with Crippen molar-refractivity contribution >= 4 is 33.2 Å². The van der Waals surface area contributed by atoms with Gasteiger partial charge in [-0.25, -0.2) is 8.42 Å². The molecule has 0 aliphatic rings. The minimum absolute atomic E-state index is 0.0178. The number of hydrogen-bond donors (Lipinski definition) is 1. The zero-order valence-electron chi connectivity index (χ0n) is 17.9. The van der Waals surface area contributed by atoms with Crippen LogP contribution in [0.2, 0.25) is 5.02 Å². The number of ether oxygens (including phenoxy) is 1. The SMILES string of the molecule is COc1ccccc1N(CC(=O)N[C@H](C)C(C)C)S(=O)(=O)c1cc(C(F)(F)F)ccc1Cl. The normalized spacial score (nSPS) is 13.0. The number of para-hydroxylation sites is 2. The second-order valence-corrected chi connectivity index (χ2v) is 9.66. The smallest absolute Gasteiger partial charge is 0.416 e. The molecule has 2 aromatic rings. The number of nitrogens with one attached hydrogen (secondary N) is 1. The van der Waals surface area contributed by atoms with Crippen molar-refractivity contribution in [3.63, 3.8) is 0 Å². The van der Waals surface area contributed by atoms with Crippen LogP contribution >= 0.6 is 11.6 Å². The number of carbonyl (C=O) groups is 1. The molecule has 1 N–H and O–H groups in total. The summed E-state index contributed by atoms with van der Waals surface area (Å²) >= 11 is 5.99. The second kappa shape index (κ2) is 9.99. The van der Waals surface area contributed by atoms with Crippen molar-refractivity contribution in [1.82, 2.24) is 5.32 Å². The van der Waals surface area contributed by atoms with Crippen LogP contribution in [0.15, 0.2) is 47.4 Å². The fraction of sp³-hybridized carbons (Fsp3) is 0.381. The first-order valence-corrected chi connectivity index (χ1v) is 11.4. The Balaban J connectivity index is 2.62. The van der Waals surface area contributed by atoms with Gasteiger partial charge < -0.3 is 10.1 Å². The summed E-state index contributed by atoms with van der Waals surface area (Å²) in [5.74, 6) is -0.444. The van der Waals surface area contributed by atoms with E-state index in [0.29, 0.717) is 16.4 Å². The molecule has 0 fully saturated rings. The van der Waals surface area contributed by atoms with Gasteiger partial charge in [0, 0.05) is 6.04 Å². The standard InChI is InChI=1S/C21H24ClF3N2O4S/c1-13(2)14(3)26-20(28)12-27(17-7-5-6-8-18(17)31-4)32(29,30)19-11-15(21(23,24)25)9-10-16(19)22/h5-11,13-14H,12H2,1-4H3,(H,26,28)/t14-/m1/s1. The summed E-state index contributed by atoms with van der Waals surface area (Å²) in [6.45, 7) is 4.82. The highest BCUT2D eigenvalue weighted by molar-refractivity contribution is 7.93. The maximum absolute atomic E-state index is 13.5. The highest BCUT2D eigenvalue weighted by Gasteiger charge is 2.36. The molecule has 0 heterocycles. The van der Waals surface area contributed by atoms with Crippen molar-refractivity contribution in [3.8, 4) is 5.75 Å². The van der Waals surface area contributed by atoms with E-state index in [2.05, 4.69) is 5.32 Å². The monoisotopic (exact) mass is 492 g/mol. The summed E-state index contributed by atoms with van der Waals surface area (Å²) in [6.07, 6.45) is -4.78. The van der Waals surface area contributed by atoms with Crippen LogP contribution < -0.4 is 14.4 Å². The zero-order valence-corrected chi connectivity index (χ0v) is 19.5. The van der Waals surface area contributed by atoms with Gasteiger partial charge in [0.2, 0.25) is 5.91 Å². The molecule has 1 atom stereocenters. The van der Waals surface area contributed by atoms with Gasteiger partial charge in [-0.3, -0.25) is 9.10 Å². The highest BCUT2D eigenvalue weighted by atomic mass is 35.5. The lowest BCUT2D eigenvalue weighted by Gasteiger charge is -2.27. The fourth-order valence-corrected chi connectivity index (χ4v) is 4.66. The molecule has 0 aliphatic carbocycles. The van der Waals surface area contributed by atoms with Gasteiger partial charge in [0.25, 0.3) is 10.0 Å². The molecule has 0 saturated carbocycles. The molecule has 0 aromatic heterocycles. The van der Waals surface area contributed by atoms with Crippen LogP contribution in [-0.2, 0) is 21.0 Å². The van der Waals surface area contributed by atoms with Crippen molar-refractivity contribution in [2.24, 2.45) is 5.92 Å². The van der Waals surface area contributed by atoms with Crippen molar-refractivity contribution in [2.75, 3.05) is 18.0 Å². The molecule has 0 spiro atoms. The van der Waals surface area contributed by atoms with E-state index in [1.165, 1.54) is 25.3 Å². The van der Waals surface area contributed by atoms with Gasteiger partial charge in [-0.2, -0.15) is 13.2 Å². The number of sulfonamides is 1. The molecular weight excluding hydrogens is 469 g/mol. The summed E-state index contributed by atoms with van der Waals surface area (Å²) < 4.78 is 72.6. The minimum Gasteiger partial charge on any atom is -0.495 e. The molecule has 1 amide bonds. The number of alkyl halides is 3. The zero-order chi connectivity index (χ0) is 24.3. The second-order valence-electron chi connectivity index (χ2n) is 7.43. The maximum atomic E-state index is 13.5. The molecule has 0 radical (unpaired) electrons. The van der Waals surface area contributed by atoms with Crippen molar-refractivity contribution in [1.29, 1.82) is 0 Å². The minimum atomic E-state index is -4.78. The van der Waals surface area contributed by atoms with Crippen LogP contribution in [0.4, 0.5) is 18.9 Å². The largest absolute Gasteiger partial charge is 0.495 e. The number of methoxy groups -OCH3 is 1. The van der Waals surface area contributed by atoms with Crippen LogP contribution in [0, 0.1) is 5.92 Å². The number of nitrogens with zero attached hydrogens (tertiary/aromatic N) is 1. The van der Waals surface area contributed by atoms with E-state index < -0.39 is 44.1 Å². The average molecular weight is 493 g/mol. The predicted octanol–water partition coefficient (Wildman–Crippen LogP) is 4.72.